The molecule has 0 amide bonds. The third-order valence-corrected chi connectivity index (χ3v) is 9.97. The van der Waals surface area contributed by atoms with Crippen molar-refractivity contribution in [2.75, 3.05) is 13.2 Å². The summed E-state index contributed by atoms with van der Waals surface area (Å²) in [6.45, 7) is 11.2. The first-order chi connectivity index (χ1) is 24.7. The van der Waals surface area contributed by atoms with E-state index in [0.717, 1.165) is 69.6 Å². The Morgan fingerprint density at radius 1 is 0.373 bits per heavy atom. The van der Waals surface area contributed by atoms with E-state index in [1.807, 2.05) is 0 Å². The minimum absolute atomic E-state index is 0.0658. The smallest absolute Gasteiger partial charge is 0.306 e. The van der Waals surface area contributed by atoms with Gasteiger partial charge in [0.1, 0.15) is 13.2 Å². The lowest BCUT2D eigenvalue weighted by Gasteiger charge is -2.18. The zero-order valence-corrected chi connectivity index (χ0v) is 34.7. The maximum absolute atomic E-state index is 12.7. The standard InChI is InChI=1S/C45H86O6/c1-6-7-8-9-10-11-12-13-14-20-25-30-35-43(46)49-38-42(51-45(48)37-32-27-22-17-19-24-29-34-41(4)5)39-50-44(47)36-31-26-21-16-15-18-23-28-33-40(2)3/h40-42H,6-39H2,1-5H3/t42-/m1/s1. The van der Waals surface area contributed by atoms with Crippen molar-refractivity contribution in [2.45, 2.75) is 246 Å². The van der Waals surface area contributed by atoms with Gasteiger partial charge < -0.3 is 14.2 Å². The van der Waals surface area contributed by atoms with E-state index in [1.54, 1.807) is 0 Å². The summed E-state index contributed by atoms with van der Waals surface area (Å²) in [5, 5.41) is 0. The Hall–Kier alpha value is -1.59. The maximum Gasteiger partial charge on any atom is 0.306 e. The van der Waals surface area contributed by atoms with Crippen LogP contribution in [0.1, 0.15) is 240 Å². The van der Waals surface area contributed by atoms with Crippen molar-refractivity contribution in [1.82, 2.24) is 0 Å². The van der Waals surface area contributed by atoms with Crippen LogP contribution < -0.4 is 0 Å². The lowest BCUT2D eigenvalue weighted by atomic mass is 10.0. The average Bonchev–Trinajstić information content (AvgIpc) is 3.09. The van der Waals surface area contributed by atoms with Crippen molar-refractivity contribution < 1.29 is 28.6 Å². The number of esters is 3. The summed E-state index contributed by atoms with van der Waals surface area (Å²) in [7, 11) is 0. The summed E-state index contributed by atoms with van der Waals surface area (Å²) in [6.07, 6.45) is 35.2. The fourth-order valence-corrected chi connectivity index (χ4v) is 6.58. The molecule has 302 valence electrons. The molecule has 0 radical (unpaired) electrons. The van der Waals surface area contributed by atoms with Crippen molar-refractivity contribution in [3.63, 3.8) is 0 Å². The van der Waals surface area contributed by atoms with Crippen LogP contribution in [0.15, 0.2) is 0 Å². The number of carbonyl (C=O) groups is 3. The second kappa shape index (κ2) is 38.1. The molecule has 0 rings (SSSR count). The van der Waals surface area contributed by atoms with Crippen molar-refractivity contribution in [3.8, 4) is 0 Å². The first-order valence-electron chi connectivity index (χ1n) is 22.2. The van der Waals surface area contributed by atoms with Gasteiger partial charge in [0.15, 0.2) is 6.10 Å². The molecule has 0 aliphatic carbocycles. The molecular formula is C45H86O6. The molecule has 1 atom stereocenters. The molecule has 0 aromatic heterocycles. The molecule has 6 heteroatoms. The Bertz CT molecular complexity index is 779. The monoisotopic (exact) mass is 723 g/mol. The highest BCUT2D eigenvalue weighted by atomic mass is 16.6. The highest BCUT2D eigenvalue weighted by Gasteiger charge is 2.19. The van der Waals surface area contributed by atoms with Gasteiger partial charge in [-0.3, -0.25) is 14.4 Å². The van der Waals surface area contributed by atoms with Crippen LogP contribution in [-0.4, -0.2) is 37.2 Å². The van der Waals surface area contributed by atoms with Gasteiger partial charge in [-0.1, -0.05) is 202 Å². The number of carbonyl (C=O) groups excluding carboxylic acids is 3. The zero-order valence-electron chi connectivity index (χ0n) is 34.7. The average molecular weight is 723 g/mol. The number of hydrogen-bond donors (Lipinski definition) is 0. The lowest BCUT2D eigenvalue weighted by molar-refractivity contribution is -0.167. The Morgan fingerprint density at radius 3 is 0.961 bits per heavy atom. The van der Waals surface area contributed by atoms with Gasteiger partial charge in [-0.2, -0.15) is 0 Å². The highest BCUT2D eigenvalue weighted by Crippen LogP contribution is 2.16. The summed E-state index contributed by atoms with van der Waals surface area (Å²) in [5.74, 6) is 0.711. The Morgan fingerprint density at radius 2 is 0.647 bits per heavy atom. The molecule has 6 nitrogen and oxygen atoms in total. The summed E-state index contributed by atoms with van der Waals surface area (Å²) < 4.78 is 16.7. The minimum atomic E-state index is -0.760. The van der Waals surface area contributed by atoms with Crippen LogP contribution >= 0.6 is 0 Å². The molecule has 0 aliphatic heterocycles. The summed E-state index contributed by atoms with van der Waals surface area (Å²) in [4.78, 5) is 37.6. The van der Waals surface area contributed by atoms with Gasteiger partial charge >= 0.3 is 17.9 Å². The van der Waals surface area contributed by atoms with E-state index in [1.165, 1.54) is 128 Å². The molecule has 51 heavy (non-hydrogen) atoms. The van der Waals surface area contributed by atoms with Gasteiger partial charge in [0, 0.05) is 19.3 Å². The second-order valence-corrected chi connectivity index (χ2v) is 16.3. The van der Waals surface area contributed by atoms with Crippen molar-refractivity contribution in [3.05, 3.63) is 0 Å². The predicted octanol–water partition coefficient (Wildman–Crippen LogP) is 13.8. The Kier molecular flexibility index (Phi) is 37.0. The maximum atomic E-state index is 12.7. The van der Waals surface area contributed by atoms with Crippen molar-refractivity contribution in [2.24, 2.45) is 11.8 Å². The fraction of sp³-hybridized carbons (Fsp3) is 0.933. The molecule has 0 fully saturated rings. The fourth-order valence-electron chi connectivity index (χ4n) is 6.58. The lowest BCUT2D eigenvalue weighted by Crippen LogP contribution is -2.30. The van der Waals surface area contributed by atoms with Crippen molar-refractivity contribution in [1.29, 1.82) is 0 Å². The van der Waals surface area contributed by atoms with E-state index in [4.69, 9.17) is 14.2 Å². The van der Waals surface area contributed by atoms with Crippen LogP contribution in [0.5, 0.6) is 0 Å². The molecule has 0 N–H and O–H groups in total. The predicted molar refractivity (Wildman–Crippen MR) is 215 cm³/mol. The molecular weight excluding hydrogens is 636 g/mol. The molecule has 0 saturated heterocycles. The van der Waals surface area contributed by atoms with Gasteiger partial charge in [-0.15, -0.1) is 0 Å². The molecule has 0 aliphatic rings. The van der Waals surface area contributed by atoms with E-state index >= 15 is 0 Å². The molecule has 0 unspecified atom stereocenters. The third kappa shape index (κ3) is 39.5. The van der Waals surface area contributed by atoms with E-state index in [-0.39, 0.29) is 31.1 Å². The summed E-state index contributed by atoms with van der Waals surface area (Å²) in [5.41, 5.74) is 0. The molecule has 0 heterocycles. The molecule has 0 saturated carbocycles. The van der Waals surface area contributed by atoms with Gasteiger partial charge in [0.05, 0.1) is 0 Å². The van der Waals surface area contributed by atoms with Crippen LogP contribution in [0.4, 0.5) is 0 Å². The topological polar surface area (TPSA) is 78.9 Å². The highest BCUT2D eigenvalue weighted by molar-refractivity contribution is 5.71. The Labute approximate surface area is 317 Å². The van der Waals surface area contributed by atoms with Crippen LogP contribution in [0.25, 0.3) is 0 Å². The summed E-state index contributed by atoms with van der Waals surface area (Å²) >= 11 is 0. The van der Waals surface area contributed by atoms with Crippen LogP contribution in [-0.2, 0) is 28.6 Å². The Balaban J connectivity index is 4.34. The number of unbranched alkanes of at least 4 members (excludes halogenated alkanes) is 24. The number of ether oxygens (including phenoxy) is 3. The first kappa shape index (κ1) is 49.4. The largest absolute Gasteiger partial charge is 0.462 e. The molecule has 0 aromatic rings. The van der Waals surface area contributed by atoms with Crippen LogP contribution in [0.3, 0.4) is 0 Å². The van der Waals surface area contributed by atoms with Gasteiger partial charge in [-0.05, 0) is 31.1 Å². The molecule has 0 bridgehead atoms. The first-order valence-corrected chi connectivity index (χ1v) is 22.2. The van der Waals surface area contributed by atoms with Crippen molar-refractivity contribution >= 4 is 17.9 Å². The van der Waals surface area contributed by atoms with E-state index in [9.17, 15) is 14.4 Å². The van der Waals surface area contributed by atoms with Gasteiger partial charge in [0.2, 0.25) is 0 Å². The quantitative estimate of drug-likeness (QED) is 0.0357. The number of hydrogen-bond acceptors (Lipinski definition) is 6. The van der Waals surface area contributed by atoms with E-state index < -0.39 is 6.10 Å². The van der Waals surface area contributed by atoms with Gasteiger partial charge in [-0.25, -0.2) is 0 Å². The normalized spacial score (nSPS) is 12.1. The van der Waals surface area contributed by atoms with E-state index in [0.29, 0.717) is 19.3 Å². The van der Waals surface area contributed by atoms with E-state index in [2.05, 4.69) is 34.6 Å². The molecule has 0 spiro atoms. The SMILES string of the molecule is CCCCCCCCCCCCCCC(=O)OC[C@H](COC(=O)CCCCCCCCCCC(C)C)OC(=O)CCCCCCCCCC(C)C. The zero-order chi connectivity index (χ0) is 37.6. The van der Waals surface area contributed by atoms with Crippen LogP contribution in [0.2, 0.25) is 0 Å². The number of rotatable bonds is 39. The third-order valence-electron chi connectivity index (χ3n) is 9.97. The van der Waals surface area contributed by atoms with Crippen LogP contribution in [0, 0.1) is 11.8 Å². The second-order valence-electron chi connectivity index (χ2n) is 16.3. The minimum Gasteiger partial charge on any atom is -0.462 e. The summed E-state index contributed by atoms with van der Waals surface area (Å²) in [6, 6.07) is 0. The molecule has 0 aromatic carbocycles. The van der Waals surface area contributed by atoms with Gasteiger partial charge in [0.25, 0.3) is 0 Å².